The molecule has 1 saturated carbocycles. The smallest absolute Gasteiger partial charge is 0.407 e. The number of hydrogen-bond donors (Lipinski definition) is 1. The van der Waals surface area contributed by atoms with Gasteiger partial charge in [0.05, 0.1) is 5.92 Å². The van der Waals surface area contributed by atoms with Crippen molar-refractivity contribution in [2.45, 2.75) is 60.8 Å². The Kier molecular flexibility index (Phi) is 6.90. The van der Waals surface area contributed by atoms with Gasteiger partial charge >= 0.3 is 12.1 Å². The number of alkyl carbamates (subject to hydrolysis) is 1. The first-order valence-electron chi connectivity index (χ1n) is 8.60. The highest BCUT2D eigenvalue weighted by Gasteiger charge is 2.39. The third-order valence-electron chi connectivity index (χ3n) is 4.34. The van der Waals surface area contributed by atoms with Crippen molar-refractivity contribution in [3.8, 4) is 0 Å². The molecule has 0 radical (unpaired) electrons. The Morgan fingerprint density at radius 3 is 2.30 bits per heavy atom. The third kappa shape index (κ3) is 7.23. The lowest BCUT2D eigenvalue weighted by Gasteiger charge is -2.45. The van der Waals surface area contributed by atoms with E-state index in [9.17, 15) is 9.59 Å². The summed E-state index contributed by atoms with van der Waals surface area (Å²) < 4.78 is 10.0. The van der Waals surface area contributed by atoms with E-state index in [0.717, 1.165) is 12.8 Å². The zero-order valence-electron chi connectivity index (χ0n) is 15.5. The SMILES string of the molecule is CC1CC(C)(C)CC(C)(CNC(=O)OCCOC(=O)C(C)C)C1. The summed E-state index contributed by atoms with van der Waals surface area (Å²) >= 11 is 0. The van der Waals surface area contributed by atoms with E-state index in [1.165, 1.54) is 6.42 Å². The Bertz CT molecular complexity index is 419. The second-order valence-corrected chi connectivity index (χ2v) is 8.48. The van der Waals surface area contributed by atoms with Crippen molar-refractivity contribution in [1.29, 1.82) is 0 Å². The monoisotopic (exact) mass is 327 g/mol. The van der Waals surface area contributed by atoms with E-state index in [4.69, 9.17) is 9.47 Å². The quantitative estimate of drug-likeness (QED) is 0.596. The molecule has 1 amide bonds. The topological polar surface area (TPSA) is 64.6 Å². The number of hydrogen-bond acceptors (Lipinski definition) is 4. The normalized spacial score (nSPS) is 26.7. The van der Waals surface area contributed by atoms with Crippen LogP contribution in [0.1, 0.15) is 60.8 Å². The summed E-state index contributed by atoms with van der Waals surface area (Å²) in [6.07, 6.45) is 3.00. The molecule has 0 bridgehead atoms. The summed E-state index contributed by atoms with van der Waals surface area (Å²) in [7, 11) is 0. The van der Waals surface area contributed by atoms with E-state index in [0.29, 0.717) is 17.9 Å². The van der Waals surface area contributed by atoms with Crippen LogP contribution in [0.4, 0.5) is 4.79 Å². The van der Waals surface area contributed by atoms with Crippen LogP contribution in [0.3, 0.4) is 0 Å². The van der Waals surface area contributed by atoms with E-state index in [-0.39, 0.29) is 30.5 Å². The molecule has 1 aliphatic carbocycles. The number of amides is 1. The molecule has 23 heavy (non-hydrogen) atoms. The molecule has 2 unspecified atom stereocenters. The Balaban J connectivity index is 2.28. The van der Waals surface area contributed by atoms with Crippen LogP contribution in [0, 0.1) is 22.7 Å². The standard InChI is InChI=1S/C18H33NO4/c1-13(2)15(20)22-7-8-23-16(21)19-12-18(6)10-14(3)9-17(4,5)11-18/h13-14H,7-12H2,1-6H3,(H,19,21). The zero-order valence-corrected chi connectivity index (χ0v) is 15.5. The van der Waals surface area contributed by atoms with Crippen LogP contribution in [-0.4, -0.2) is 31.8 Å². The van der Waals surface area contributed by atoms with Crippen LogP contribution in [0.15, 0.2) is 0 Å². The highest BCUT2D eigenvalue weighted by atomic mass is 16.6. The summed E-state index contributed by atoms with van der Waals surface area (Å²) in [4.78, 5) is 23.1. The van der Waals surface area contributed by atoms with Gasteiger partial charge in [0.25, 0.3) is 0 Å². The van der Waals surface area contributed by atoms with Crippen molar-refractivity contribution in [3.63, 3.8) is 0 Å². The lowest BCUT2D eigenvalue weighted by molar-refractivity contribution is -0.148. The molecular weight excluding hydrogens is 294 g/mol. The average molecular weight is 327 g/mol. The molecule has 134 valence electrons. The van der Waals surface area contributed by atoms with Crippen LogP contribution >= 0.6 is 0 Å². The molecule has 5 nitrogen and oxygen atoms in total. The minimum Gasteiger partial charge on any atom is -0.462 e. The molecule has 2 atom stereocenters. The second kappa shape index (κ2) is 8.02. The van der Waals surface area contributed by atoms with Gasteiger partial charge in [0.2, 0.25) is 0 Å². The average Bonchev–Trinajstić information content (AvgIpc) is 2.38. The van der Waals surface area contributed by atoms with Crippen molar-refractivity contribution < 1.29 is 19.1 Å². The van der Waals surface area contributed by atoms with Crippen LogP contribution in [0.25, 0.3) is 0 Å². The highest BCUT2D eigenvalue weighted by molar-refractivity contribution is 5.71. The molecule has 0 heterocycles. The van der Waals surface area contributed by atoms with Crippen LogP contribution in [-0.2, 0) is 14.3 Å². The highest BCUT2D eigenvalue weighted by Crippen LogP contribution is 2.48. The summed E-state index contributed by atoms with van der Waals surface area (Å²) in [5.74, 6) is 0.220. The molecule has 0 aliphatic heterocycles. The van der Waals surface area contributed by atoms with Gasteiger partial charge in [-0.1, -0.05) is 41.5 Å². The molecule has 5 heteroatoms. The fourth-order valence-corrected chi connectivity index (χ4v) is 4.07. The van der Waals surface area contributed by atoms with Crippen molar-refractivity contribution in [2.75, 3.05) is 19.8 Å². The lowest BCUT2D eigenvalue weighted by atomic mass is 9.61. The first-order valence-corrected chi connectivity index (χ1v) is 8.60. The fraction of sp³-hybridized carbons (Fsp3) is 0.889. The molecule has 0 spiro atoms. The molecule has 1 fully saturated rings. The number of carbonyl (C=O) groups excluding carboxylic acids is 2. The van der Waals surface area contributed by atoms with Gasteiger partial charge in [0, 0.05) is 6.54 Å². The Morgan fingerprint density at radius 2 is 1.74 bits per heavy atom. The maximum absolute atomic E-state index is 11.8. The van der Waals surface area contributed by atoms with Crippen molar-refractivity contribution in [3.05, 3.63) is 0 Å². The fourth-order valence-electron chi connectivity index (χ4n) is 4.07. The molecule has 1 N–H and O–H groups in total. The molecular formula is C18H33NO4. The third-order valence-corrected chi connectivity index (χ3v) is 4.34. The summed E-state index contributed by atoms with van der Waals surface area (Å²) in [5.41, 5.74) is 0.410. The van der Waals surface area contributed by atoms with Crippen LogP contribution < -0.4 is 5.32 Å². The predicted molar refractivity (Wildman–Crippen MR) is 90.1 cm³/mol. The Hall–Kier alpha value is -1.26. The van der Waals surface area contributed by atoms with E-state index >= 15 is 0 Å². The van der Waals surface area contributed by atoms with Gasteiger partial charge in [0.1, 0.15) is 13.2 Å². The van der Waals surface area contributed by atoms with Crippen molar-refractivity contribution in [1.82, 2.24) is 5.32 Å². The van der Waals surface area contributed by atoms with Gasteiger partial charge in [-0.05, 0) is 36.0 Å². The van der Waals surface area contributed by atoms with Crippen LogP contribution in [0.5, 0.6) is 0 Å². The Morgan fingerprint density at radius 1 is 1.13 bits per heavy atom. The van der Waals surface area contributed by atoms with E-state index in [2.05, 4.69) is 33.0 Å². The number of ether oxygens (including phenoxy) is 2. The largest absolute Gasteiger partial charge is 0.462 e. The first-order chi connectivity index (χ1) is 10.5. The molecule has 0 saturated heterocycles. The number of esters is 1. The van der Waals surface area contributed by atoms with Crippen molar-refractivity contribution in [2.24, 2.45) is 22.7 Å². The summed E-state index contributed by atoms with van der Waals surface area (Å²) in [6, 6.07) is 0. The van der Waals surface area contributed by atoms with Gasteiger partial charge in [-0.25, -0.2) is 4.79 Å². The second-order valence-electron chi connectivity index (χ2n) is 8.48. The van der Waals surface area contributed by atoms with Gasteiger partial charge in [-0.2, -0.15) is 0 Å². The summed E-state index contributed by atoms with van der Waals surface area (Å²) in [6.45, 7) is 13.4. The van der Waals surface area contributed by atoms with E-state index < -0.39 is 6.09 Å². The van der Waals surface area contributed by atoms with Gasteiger partial charge in [-0.15, -0.1) is 0 Å². The van der Waals surface area contributed by atoms with Gasteiger partial charge < -0.3 is 14.8 Å². The first kappa shape index (κ1) is 19.8. The minimum atomic E-state index is -0.442. The number of carbonyl (C=O) groups is 2. The predicted octanol–water partition coefficient (Wildman–Crippen LogP) is 3.76. The van der Waals surface area contributed by atoms with Crippen LogP contribution in [0.2, 0.25) is 0 Å². The number of rotatable bonds is 6. The maximum atomic E-state index is 11.8. The van der Waals surface area contributed by atoms with Gasteiger partial charge in [0.15, 0.2) is 0 Å². The number of nitrogens with one attached hydrogen (secondary N) is 1. The molecule has 0 aromatic heterocycles. The zero-order chi connectivity index (χ0) is 17.7. The van der Waals surface area contributed by atoms with E-state index in [1.807, 2.05) is 0 Å². The molecule has 0 aromatic carbocycles. The molecule has 1 rings (SSSR count). The molecule has 0 aromatic rings. The van der Waals surface area contributed by atoms with E-state index in [1.54, 1.807) is 13.8 Å². The Labute approximate surface area is 140 Å². The summed E-state index contributed by atoms with van der Waals surface area (Å²) in [5, 5.41) is 2.86. The minimum absolute atomic E-state index is 0.0862. The van der Waals surface area contributed by atoms with Gasteiger partial charge in [-0.3, -0.25) is 4.79 Å². The lowest BCUT2D eigenvalue weighted by Crippen LogP contribution is -2.43. The molecule has 1 aliphatic rings. The van der Waals surface area contributed by atoms with Crippen molar-refractivity contribution >= 4 is 12.1 Å². The maximum Gasteiger partial charge on any atom is 0.407 e.